The second-order valence-corrected chi connectivity index (χ2v) is 7.19. The lowest BCUT2D eigenvalue weighted by Crippen LogP contribution is -2.47. The third-order valence-corrected chi connectivity index (χ3v) is 5.42. The number of fused-ring (bicyclic) bond motifs is 1. The van der Waals surface area contributed by atoms with Crippen molar-refractivity contribution in [1.29, 1.82) is 0 Å². The molecule has 1 aliphatic carbocycles. The van der Waals surface area contributed by atoms with E-state index < -0.39 is 5.60 Å². The van der Waals surface area contributed by atoms with Crippen molar-refractivity contribution < 1.29 is 14.4 Å². The average Bonchev–Trinajstić information content (AvgIpc) is 3.06. The van der Waals surface area contributed by atoms with Crippen LogP contribution in [0.1, 0.15) is 53.1 Å². The van der Waals surface area contributed by atoms with Gasteiger partial charge in [0, 0.05) is 37.5 Å². The van der Waals surface area contributed by atoms with E-state index in [-0.39, 0.29) is 5.91 Å². The highest BCUT2D eigenvalue weighted by Gasteiger charge is 2.36. The molecule has 132 valence electrons. The lowest BCUT2D eigenvalue weighted by molar-refractivity contribution is -0.0171. The number of aliphatic hydroxyl groups is 1. The molecule has 2 aromatic heterocycles. The smallest absolute Gasteiger partial charge is 0.292 e. The molecule has 0 bridgehead atoms. The lowest BCUT2D eigenvalue weighted by atomic mass is 9.85. The van der Waals surface area contributed by atoms with Gasteiger partial charge in [0.15, 0.2) is 0 Å². The van der Waals surface area contributed by atoms with Gasteiger partial charge < -0.3 is 14.5 Å². The molecule has 3 heterocycles. The Morgan fingerprint density at radius 3 is 2.68 bits per heavy atom. The Hall–Kier alpha value is -2.21. The number of amides is 1. The number of aromatic nitrogens is 2. The number of piperidine rings is 1. The Balaban J connectivity index is 1.41. The van der Waals surface area contributed by atoms with Gasteiger partial charge >= 0.3 is 0 Å². The second kappa shape index (κ2) is 6.59. The summed E-state index contributed by atoms with van der Waals surface area (Å²) >= 11 is 0. The van der Waals surface area contributed by atoms with E-state index in [4.69, 9.17) is 4.52 Å². The van der Waals surface area contributed by atoms with Crippen LogP contribution >= 0.6 is 0 Å². The summed E-state index contributed by atoms with van der Waals surface area (Å²) < 4.78 is 5.37. The van der Waals surface area contributed by atoms with Crippen LogP contribution in [-0.2, 0) is 19.3 Å². The number of pyridine rings is 1. The molecule has 0 radical (unpaired) electrons. The zero-order valence-corrected chi connectivity index (χ0v) is 14.3. The first kappa shape index (κ1) is 16.3. The molecule has 0 aromatic carbocycles. The first-order chi connectivity index (χ1) is 12.1. The maximum absolute atomic E-state index is 12.8. The molecule has 1 aliphatic heterocycles. The van der Waals surface area contributed by atoms with Crippen LogP contribution in [0.25, 0.3) is 0 Å². The highest BCUT2D eigenvalue weighted by molar-refractivity contribution is 5.93. The largest absolute Gasteiger partial charge is 0.389 e. The molecule has 6 heteroatoms. The minimum atomic E-state index is -0.765. The molecule has 2 aliphatic rings. The molecule has 0 unspecified atom stereocenters. The third kappa shape index (κ3) is 3.31. The van der Waals surface area contributed by atoms with Crippen LogP contribution in [0.4, 0.5) is 0 Å². The summed E-state index contributed by atoms with van der Waals surface area (Å²) in [7, 11) is 0. The minimum absolute atomic E-state index is 0.0818. The van der Waals surface area contributed by atoms with Crippen LogP contribution in [0, 0.1) is 0 Å². The molecule has 0 atom stereocenters. The van der Waals surface area contributed by atoms with E-state index in [9.17, 15) is 9.90 Å². The fourth-order valence-electron chi connectivity index (χ4n) is 3.89. The van der Waals surface area contributed by atoms with E-state index in [1.54, 1.807) is 17.3 Å². The summed E-state index contributed by atoms with van der Waals surface area (Å²) in [6.45, 7) is 1.08. The van der Waals surface area contributed by atoms with Crippen molar-refractivity contribution in [2.45, 2.75) is 50.5 Å². The molecule has 1 saturated heterocycles. The van der Waals surface area contributed by atoms with Gasteiger partial charge in [0.2, 0.25) is 5.76 Å². The Kier molecular flexibility index (Phi) is 4.29. The molecular formula is C19H23N3O3. The number of likely N-dealkylation sites (tertiary alicyclic amines) is 1. The fraction of sp³-hybridized carbons (Fsp3) is 0.526. The number of carbonyl (C=O) groups excluding carboxylic acids is 1. The average molecular weight is 341 g/mol. The highest BCUT2D eigenvalue weighted by Crippen LogP contribution is 2.29. The summed E-state index contributed by atoms with van der Waals surface area (Å²) in [5.41, 5.74) is 2.25. The van der Waals surface area contributed by atoms with Gasteiger partial charge in [-0.05, 0) is 56.2 Å². The number of carbonyl (C=O) groups is 1. The van der Waals surface area contributed by atoms with Crippen LogP contribution < -0.4 is 0 Å². The van der Waals surface area contributed by atoms with E-state index in [0.29, 0.717) is 38.1 Å². The summed E-state index contributed by atoms with van der Waals surface area (Å²) in [6, 6.07) is 3.85. The monoisotopic (exact) mass is 341 g/mol. The first-order valence-corrected chi connectivity index (χ1v) is 9.03. The quantitative estimate of drug-likeness (QED) is 0.925. The van der Waals surface area contributed by atoms with Gasteiger partial charge in [-0.1, -0.05) is 5.16 Å². The van der Waals surface area contributed by atoms with E-state index in [1.165, 1.54) is 0 Å². The van der Waals surface area contributed by atoms with Crippen molar-refractivity contribution in [3.05, 3.63) is 47.1 Å². The van der Waals surface area contributed by atoms with Crippen molar-refractivity contribution in [2.75, 3.05) is 13.1 Å². The van der Waals surface area contributed by atoms with Gasteiger partial charge in [0.1, 0.15) is 0 Å². The Bertz CT molecular complexity index is 749. The Morgan fingerprint density at radius 2 is 1.92 bits per heavy atom. The molecule has 6 nitrogen and oxygen atoms in total. The van der Waals surface area contributed by atoms with E-state index in [1.807, 2.05) is 12.1 Å². The summed E-state index contributed by atoms with van der Waals surface area (Å²) in [5.74, 6) is 0.330. The number of hydrogen-bond donors (Lipinski definition) is 1. The zero-order chi connectivity index (χ0) is 17.3. The molecule has 2 aromatic rings. The van der Waals surface area contributed by atoms with Crippen LogP contribution in [0.2, 0.25) is 0 Å². The summed E-state index contributed by atoms with van der Waals surface area (Å²) in [6.07, 6.45) is 9.18. The Labute approximate surface area is 146 Å². The van der Waals surface area contributed by atoms with Gasteiger partial charge in [-0.25, -0.2) is 0 Å². The molecule has 1 fully saturated rings. The third-order valence-electron chi connectivity index (χ3n) is 5.42. The van der Waals surface area contributed by atoms with Gasteiger partial charge in [-0.3, -0.25) is 9.78 Å². The van der Waals surface area contributed by atoms with Crippen LogP contribution in [0.3, 0.4) is 0 Å². The van der Waals surface area contributed by atoms with Crippen LogP contribution in [-0.4, -0.2) is 44.7 Å². The standard InChI is InChI=1S/C19H23N3O3/c23-18(17-15-3-1-2-4-16(15)21-25-17)22-11-7-19(24,8-12-22)13-14-5-9-20-10-6-14/h5-6,9-10,24H,1-4,7-8,11-13H2. The normalized spacial score (nSPS) is 19.5. The molecule has 4 rings (SSSR count). The van der Waals surface area contributed by atoms with Crippen molar-refractivity contribution >= 4 is 5.91 Å². The van der Waals surface area contributed by atoms with Gasteiger partial charge in [-0.2, -0.15) is 0 Å². The molecule has 25 heavy (non-hydrogen) atoms. The number of aryl methyl sites for hydroxylation is 1. The predicted molar refractivity (Wildman–Crippen MR) is 91.2 cm³/mol. The fourth-order valence-corrected chi connectivity index (χ4v) is 3.89. The van der Waals surface area contributed by atoms with Gasteiger partial charge in [-0.15, -0.1) is 0 Å². The first-order valence-electron chi connectivity index (χ1n) is 9.03. The molecule has 0 spiro atoms. The predicted octanol–water partition coefficient (Wildman–Crippen LogP) is 2.16. The molecule has 0 saturated carbocycles. The molecule has 1 amide bonds. The number of nitrogens with zero attached hydrogens (tertiary/aromatic N) is 3. The van der Waals surface area contributed by atoms with E-state index in [2.05, 4.69) is 10.1 Å². The number of rotatable bonds is 3. The summed E-state index contributed by atoms with van der Waals surface area (Å²) in [5, 5.41) is 14.9. The van der Waals surface area contributed by atoms with Gasteiger partial charge in [0.25, 0.3) is 5.91 Å². The summed E-state index contributed by atoms with van der Waals surface area (Å²) in [4.78, 5) is 18.6. The van der Waals surface area contributed by atoms with E-state index >= 15 is 0 Å². The van der Waals surface area contributed by atoms with E-state index in [0.717, 1.165) is 42.5 Å². The van der Waals surface area contributed by atoms with Crippen molar-refractivity contribution in [2.24, 2.45) is 0 Å². The SMILES string of the molecule is O=C(c1onc2c1CCCC2)N1CCC(O)(Cc2ccncc2)CC1. The second-order valence-electron chi connectivity index (χ2n) is 7.19. The topological polar surface area (TPSA) is 79.5 Å². The maximum atomic E-state index is 12.8. The van der Waals surface area contributed by atoms with Gasteiger partial charge in [0.05, 0.1) is 11.3 Å². The van der Waals surface area contributed by atoms with Crippen molar-refractivity contribution in [1.82, 2.24) is 15.0 Å². The Morgan fingerprint density at radius 1 is 1.20 bits per heavy atom. The highest BCUT2D eigenvalue weighted by atomic mass is 16.5. The van der Waals surface area contributed by atoms with Crippen molar-refractivity contribution in [3.8, 4) is 0 Å². The van der Waals surface area contributed by atoms with Crippen LogP contribution in [0.15, 0.2) is 29.0 Å². The zero-order valence-electron chi connectivity index (χ0n) is 14.3. The lowest BCUT2D eigenvalue weighted by Gasteiger charge is -2.38. The number of hydrogen-bond acceptors (Lipinski definition) is 5. The molecule has 1 N–H and O–H groups in total. The minimum Gasteiger partial charge on any atom is -0.389 e. The molecular weight excluding hydrogens is 318 g/mol. The van der Waals surface area contributed by atoms with Crippen molar-refractivity contribution in [3.63, 3.8) is 0 Å². The maximum Gasteiger partial charge on any atom is 0.292 e. The van der Waals surface area contributed by atoms with Crippen LogP contribution in [0.5, 0.6) is 0 Å².